The predicted molar refractivity (Wildman–Crippen MR) is 405 cm³/mol. The van der Waals surface area contributed by atoms with Crippen LogP contribution in [0.5, 0.6) is 0 Å². The lowest BCUT2D eigenvalue weighted by atomic mass is 9.79. The second-order valence-electron chi connectivity index (χ2n) is 22.0. The van der Waals surface area contributed by atoms with Gasteiger partial charge in [-0.1, -0.05) is 190 Å². The predicted octanol–water partition coefficient (Wildman–Crippen LogP) is 11.1. The second-order valence-corrected chi connectivity index (χ2v) is 32.8. The van der Waals surface area contributed by atoms with Gasteiger partial charge in [0.05, 0.1) is 23.1 Å². The third-order valence-corrected chi connectivity index (χ3v) is 25.1. The Morgan fingerprint density at radius 1 is 0.582 bits per heavy atom. The van der Waals surface area contributed by atoms with Crippen molar-refractivity contribution in [3.8, 4) is 0 Å². The van der Waals surface area contributed by atoms with Crippen LogP contribution in [0, 0.1) is 5.92 Å². The Bertz CT molecular complexity index is 3190. The molecule has 2 amide bonds. The number of rotatable bonds is 44. The number of hydrogen-bond donors (Lipinski definition) is 8. The summed E-state index contributed by atoms with van der Waals surface area (Å²) in [7, 11) is 10.3. The van der Waals surface area contributed by atoms with Gasteiger partial charge >= 0.3 is 32.1 Å². The van der Waals surface area contributed by atoms with E-state index in [1.54, 1.807) is 48.5 Å². The molecule has 2 saturated heterocycles. The average Bonchev–Trinajstić information content (AvgIpc) is 1.08. The number of nitrogens with two attached hydrogens (primary N) is 1. The summed E-state index contributed by atoms with van der Waals surface area (Å²) in [5, 5.41) is 59.5. The zero-order valence-electron chi connectivity index (χ0n) is 53.6. The minimum absolute atomic E-state index is 0. The molecule has 532 valence electrons. The lowest BCUT2D eigenvalue weighted by Crippen LogP contribution is -2.42. The van der Waals surface area contributed by atoms with Crippen LogP contribution in [0.15, 0.2) is 107 Å². The Hall–Kier alpha value is -5.41. The van der Waals surface area contributed by atoms with Crippen molar-refractivity contribution in [3.05, 3.63) is 140 Å². The number of carboxylic acids is 1. The molecule has 0 bridgehead atoms. The zero-order valence-corrected chi connectivity index (χ0v) is 60.2. The summed E-state index contributed by atoms with van der Waals surface area (Å²) in [6.45, 7) is 0.987. The quantitative estimate of drug-likeness (QED) is 0.00388. The largest absolute Gasteiger partial charge is 0.488 e. The third kappa shape index (κ3) is 39.0. The van der Waals surface area contributed by atoms with Crippen LogP contribution in [-0.4, -0.2) is 164 Å². The van der Waals surface area contributed by atoms with Crippen LogP contribution in [0.2, 0.25) is 0 Å². The van der Waals surface area contributed by atoms with E-state index in [0.29, 0.717) is 112 Å². The number of carbonyl (C=O) groups is 8. The van der Waals surface area contributed by atoms with Crippen LogP contribution in [0.25, 0.3) is 20.9 Å². The second kappa shape index (κ2) is 52.6. The maximum absolute atomic E-state index is 13.1. The maximum Gasteiger partial charge on any atom is 0.488 e. The molecule has 0 saturated carbocycles. The number of hydrogen-bond acceptors (Lipinski definition) is 25. The molecule has 0 spiro atoms. The molecule has 2 aliphatic heterocycles. The maximum atomic E-state index is 13.1. The van der Waals surface area contributed by atoms with Crippen molar-refractivity contribution >= 4 is 170 Å². The molecule has 2 heterocycles. The molecular formula is C64H87B2N9O15S8. The number of azide groups is 2. The molecule has 2 fully saturated rings. The highest BCUT2D eigenvalue weighted by molar-refractivity contribution is 8.78. The van der Waals surface area contributed by atoms with Crippen molar-refractivity contribution in [1.29, 1.82) is 0 Å². The first kappa shape index (κ1) is 86.8. The Kier molecular flexibility index (Phi) is 46.6. The van der Waals surface area contributed by atoms with Gasteiger partial charge in [0.15, 0.2) is 0 Å². The normalized spacial score (nSPS) is 14.1. The summed E-state index contributed by atoms with van der Waals surface area (Å²) in [5.41, 5.74) is 26.3. The number of nitrogens with zero attached hydrogens (tertiary/aromatic N) is 6. The zero-order chi connectivity index (χ0) is 70.4. The van der Waals surface area contributed by atoms with Crippen LogP contribution in [0.3, 0.4) is 0 Å². The van der Waals surface area contributed by atoms with Gasteiger partial charge in [0.25, 0.3) is 0 Å². The van der Waals surface area contributed by atoms with E-state index in [2.05, 4.69) is 30.7 Å². The molecule has 6 rings (SSSR count). The van der Waals surface area contributed by atoms with Gasteiger partial charge in [-0.15, -0.1) is 0 Å². The van der Waals surface area contributed by atoms with E-state index in [1.807, 2.05) is 43.2 Å². The highest BCUT2D eigenvalue weighted by atomic mass is 33.1. The van der Waals surface area contributed by atoms with Crippen molar-refractivity contribution in [3.63, 3.8) is 0 Å². The number of benzene rings is 4. The first-order valence-electron chi connectivity index (χ1n) is 31.5. The van der Waals surface area contributed by atoms with Gasteiger partial charge in [0.1, 0.15) is 30.6 Å². The highest BCUT2D eigenvalue weighted by Gasteiger charge is 2.24. The number of Topliss-reactive ketones (excluding diaryl/α,β-unsaturated/α-hetero) is 3. The first-order valence-corrected chi connectivity index (χ1v) is 41.3. The molecule has 0 aromatic heterocycles. The standard InChI is InChI=1S/C32H41BN4O7S4.C23H28BN5O6S2.C8H14O2S2.CH4/c34-37-36-27-12-10-24(11-13-27)32(41)44-16-18-45-47-22-25(21-29(39)7-1-2-9-30-14-17-46-48-30)31(40)35-15-4-8-28(38)20-23-5-3-6-26(19-23)33(42)43;25-21(15-37-36-12-11-35-23(32)17-6-8-19(9-7-17)28-29-26)22(31)27-10-2-5-20(30)14-16-3-1-4-18(13-16)24(33)34;9-8(10)4-2-1-3-7-5-6-11-12-7;/h3,5-6,10-13,19,25,30,42-43H,1-2,4,7-9,14-18,20-22H2,(H,35,40);1,3-4,6-9,13,21,33-34H,2,5,10-12,14-15,25H2,(H,27,31);7H,1-6H2,(H,9,10);1H4/t25?,30-;;7-;/m1.1./s1. The monoisotopic (exact) mass is 1500 g/mol. The van der Waals surface area contributed by atoms with E-state index in [-0.39, 0.29) is 81.9 Å². The number of ketones is 3. The van der Waals surface area contributed by atoms with Crippen LogP contribution in [-0.2, 0) is 51.1 Å². The fourth-order valence-electron chi connectivity index (χ4n) is 9.09. The van der Waals surface area contributed by atoms with Crippen molar-refractivity contribution in [2.45, 2.75) is 133 Å². The van der Waals surface area contributed by atoms with Gasteiger partial charge < -0.3 is 51.0 Å². The summed E-state index contributed by atoms with van der Waals surface area (Å²) in [6, 6.07) is 24.7. The molecule has 9 N–H and O–H groups in total. The van der Waals surface area contributed by atoms with Crippen LogP contribution >= 0.6 is 86.4 Å². The first-order chi connectivity index (χ1) is 46.8. The Morgan fingerprint density at radius 2 is 1.02 bits per heavy atom. The number of nitrogens with one attached hydrogen (secondary N) is 2. The van der Waals surface area contributed by atoms with Gasteiger partial charge in [0.2, 0.25) is 11.8 Å². The third-order valence-electron chi connectivity index (χ3n) is 14.2. The molecule has 98 heavy (non-hydrogen) atoms. The van der Waals surface area contributed by atoms with Crippen LogP contribution < -0.4 is 27.3 Å². The minimum atomic E-state index is -1.60. The highest BCUT2D eigenvalue weighted by Crippen LogP contribution is 2.41. The Morgan fingerprint density at radius 3 is 1.45 bits per heavy atom. The molecule has 4 atom stereocenters. The molecule has 34 heteroatoms. The summed E-state index contributed by atoms with van der Waals surface area (Å²) >= 11 is 0. The van der Waals surface area contributed by atoms with Gasteiger partial charge in [0, 0.05) is 124 Å². The van der Waals surface area contributed by atoms with Crippen molar-refractivity contribution in [2.24, 2.45) is 21.9 Å². The molecule has 24 nitrogen and oxygen atoms in total. The van der Waals surface area contributed by atoms with Crippen molar-refractivity contribution < 1.29 is 73.0 Å². The lowest BCUT2D eigenvalue weighted by Gasteiger charge is -2.16. The van der Waals surface area contributed by atoms with E-state index in [4.69, 9.17) is 31.4 Å². The molecule has 0 aliphatic carbocycles. The van der Waals surface area contributed by atoms with E-state index in [0.717, 1.165) is 37.4 Å². The lowest BCUT2D eigenvalue weighted by molar-refractivity contribution is -0.137. The summed E-state index contributed by atoms with van der Waals surface area (Å²) in [6.07, 6.45) is 11.3. The average molecular weight is 1500 g/mol. The number of carbonyl (C=O) groups excluding carboxylic acids is 7. The van der Waals surface area contributed by atoms with Crippen molar-refractivity contribution in [1.82, 2.24) is 10.6 Å². The van der Waals surface area contributed by atoms with E-state index < -0.39 is 44.1 Å². The van der Waals surface area contributed by atoms with Crippen LogP contribution in [0.4, 0.5) is 11.4 Å². The van der Waals surface area contributed by atoms with Crippen LogP contribution in [0.1, 0.15) is 136 Å². The van der Waals surface area contributed by atoms with E-state index in [9.17, 15) is 58.5 Å². The Labute approximate surface area is 605 Å². The van der Waals surface area contributed by atoms with Crippen molar-refractivity contribution in [2.75, 3.05) is 60.8 Å². The number of aliphatic carboxylic acids is 1. The number of ether oxygens (including phenoxy) is 2. The Balaban J connectivity index is 0.000000441. The van der Waals surface area contributed by atoms with Gasteiger partial charge in [-0.25, -0.2) is 9.59 Å². The molecule has 4 aromatic rings. The van der Waals surface area contributed by atoms with E-state index in [1.165, 1.54) is 122 Å². The number of amides is 2. The number of unbranched alkanes of at least 4 members (excludes halogenated alkanes) is 2. The van der Waals surface area contributed by atoms with Gasteiger partial charge in [-0.05, 0) is 109 Å². The molecule has 2 unspecified atom stereocenters. The summed E-state index contributed by atoms with van der Waals surface area (Å²) < 4.78 is 10.5. The molecule has 2 aliphatic rings. The van der Waals surface area contributed by atoms with Gasteiger partial charge in [-0.3, -0.25) is 28.8 Å². The number of esters is 2. The number of carboxylic acid groups (broad SMARTS) is 1. The molecule has 0 radical (unpaired) electrons. The fourth-order valence-corrected chi connectivity index (χ4v) is 19.2. The summed E-state index contributed by atoms with van der Waals surface area (Å²) in [5.74, 6) is 1.62. The molecule has 4 aromatic carbocycles. The topological polar surface area (TPSA) is 404 Å². The smallest absolute Gasteiger partial charge is 0.481 e. The molecular weight excluding hydrogens is 1410 g/mol. The SMILES string of the molecule is C.O=C(O)CCCC[C@@H]1CCSS1.[N-]=[N+]=Nc1ccc(C(=O)OCCSSCC(CC(=O)CCCC[C@@H]2CCSS2)C(=O)NCCCC(=O)Cc2cccc(B(O)O)c2)cc1.[N-]=[N+]=Nc1ccc(C(=O)OCCSSCC(N)C(=O)NCCCC(=O)Cc2cccc(B(O)O)c2)cc1. The van der Waals surface area contributed by atoms with Gasteiger partial charge in [-0.2, -0.15) is 0 Å². The van der Waals surface area contributed by atoms with E-state index >= 15 is 0 Å². The fraction of sp³-hybridized carbons (Fsp3) is 0.500. The summed E-state index contributed by atoms with van der Waals surface area (Å²) in [4.78, 5) is 103. The minimum Gasteiger partial charge on any atom is -0.481 e.